The first kappa shape index (κ1) is 26.3. The number of ether oxygens (including phenoxy) is 1. The number of likely N-dealkylation sites (tertiary alicyclic amines) is 1. The molecule has 0 bridgehead atoms. The number of benzene rings is 2. The molecule has 3 aromatic rings. The lowest BCUT2D eigenvalue weighted by Gasteiger charge is -2.29. The van der Waals surface area contributed by atoms with Crippen molar-refractivity contribution in [3.05, 3.63) is 95.3 Å². The van der Waals surface area contributed by atoms with E-state index in [0.717, 1.165) is 11.3 Å². The summed E-state index contributed by atoms with van der Waals surface area (Å²) in [7, 11) is 1.66. The highest BCUT2D eigenvalue weighted by Gasteiger charge is 2.42. The first-order valence-corrected chi connectivity index (χ1v) is 12.6. The average molecular weight is 502 g/mol. The number of carbonyl (C=O) groups is 2. The van der Waals surface area contributed by atoms with Gasteiger partial charge in [0.2, 0.25) is 5.91 Å². The Morgan fingerprint density at radius 2 is 1.89 bits per heavy atom. The van der Waals surface area contributed by atoms with Gasteiger partial charge in [-0.25, -0.2) is 0 Å². The van der Waals surface area contributed by atoms with E-state index in [0.29, 0.717) is 44.7 Å². The molecule has 3 N–H and O–H groups in total. The Balaban J connectivity index is 1.63. The molecule has 1 aliphatic heterocycles. The number of hydrogen-bond acceptors (Lipinski definition) is 6. The van der Waals surface area contributed by atoms with Crippen molar-refractivity contribution in [1.82, 2.24) is 20.1 Å². The van der Waals surface area contributed by atoms with Crippen molar-refractivity contribution in [3.63, 3.8) is 0 Å². The van der Waals surface area contributed by atoms with E-state index in [2.05, 4.69) is 52.5 Å². The summed E-state index contributed by atoms with van der Waals surface area (Å²) < 4.78 is 5.44. The van der Waals surface area contributed by atoms with Crippen molar-refractivity contribution in [2.45, 2.75) is 38.5 Å². The fourth-order valence-corrected chi connectivity index (χ4v) is 4.77. The van der Waals surface area contributed by atoms with Gasteiger partial charge in [-0.2, -0.15) is 0 Å². The second-order valence-electron chi connectivity index (χ2n) is 9.43. The zero-order chi connectivity index (χ0) is 26.2. The minimum Gasteiger partial charge on any atom is -0.497 e. The number of aromatic nitrogens is 1. The topological polar surface area (TPSA) is 101 Å². The van der Waals surface area contributed by atoms with E-state index in [-0.39, 0.29) is 17.9 Å². The largest absolute Gasteiger partial charge is 0.497 e. The van der Waals surface area contributed by atoms with Crippen LogP contribution >= 0.6 is 0 Å². The van der Waals surface area contributed by atoms with Crippen LogP contribution in [0, 0.1) is 6.92 Å². The summed E-state index contributed by atoms with van der Waals surface area (Å²) in [6.07, 6.45) is 3.70. The van der Waals surface area contributed by atoms with Gasteiger partial charge in [0.05, 0.1) is 12.7 Å². The summed E-state index contributed by atoms with van der Waals surface area (Å²) in [5.74, 6) is 0.425. The number of aryl methyl sites for hydroxylation is 1. The monoisotopic (exact) mass is 501 g/mol. The quantitative estimate of drug-likeness (QED) is 0.443. The van der Waals surface area contributed by atoms with E-state index in [1.807, 2.05) is 18.2 Å². The number of nitrogens with two attached hydrogens (primary N) is 1. The number of methoxy groups -OCH3 is 1. The van der Waals surface area contributed by atoms with Crippen LogP contribution in [-0.4, -0.2) is 65.4 Å². The highest BCUT2D eigenvalue weighted by atomic mass is 16.5. The molecule has 1 fully saturated rings. The molecule has 194 valence electrons. The van der Waals surface area contributed by atoms with Crippen molar-refractivity contribution in [3.8, 4) is 5.75 Å². The SMILES string of the molecule is COc1cccc(CN(Cc2ccc(C)cc2)C2CC(C(=O)NCCN)N(C(=O)c3cccnc3)C2)c1. The van der Waals surface area contributed by atoms with E-state index in [9.17, 15) is 9.59 Å². The summed E-state index contributed by atoms with van der Waals surface area (Å²) in [5, 5.41) is 2.88. The van der Waals surface area contributed by atoms with Gasteiger partial charge in [-0.1, -0.05) is 42.0 Å². The number of nitrogens with zero attached hydrogens (tertiary/aromatic N) is 3. The van der Waals surface area contributed by atoms with Gasteiger partial charge in [-0.15, -0.1) is 0 Å². The van der Waals surface area contributed by atoms with E-state index >= 15 is 0 Å². The van der Waals surface area contributed by atoms with E-state index in [1.54, 1.807) is 36.5 Å². The summed E-state index contributed by atoms with van der Waals surface area (Å²) >= 11 is 0. The molecule has 1 saturated heterocycles. The summed E-state index contributed by atoms with van der Waals surface area (Å²) in [6, 6.07) is 19.3. The first-order valence-electron chi connectivity index (χ1n) is 12.6. The molecule has 37 heavy (non-hydrogen) atoms. The van der Waals surface area contributed by atoms with Crippen LogP contribution in [-0.2, 0) is 17.9 Å². The third-order valence-corrected chi connectivity index (χ3v) is 6.74. The fraction of sp³-hybridized carbons (Fsp3) is 0.345. The van der Waals surface area contributed by atoms with Gasteiger partial charge in [0.15, 0.2) is 0 Å². The Labute approximate surface area is 218 Å². The van der Waals surface area contributed by atoms with Crippen molar-refractivity contribution in [2.75, 3.05) is 26.7 Å². The molecule has 0 radical (unpaired) electrons. The van der Waals surface area contributed by atoms with Crippen LogP contribution in [0.25, 0.3) is 0 Å². The second-order valence-corrected chi connectivity index (χ2v) is 9.43. The van der Waals surface area contributed by atoms with E-state index in [4.69, 9.17) is 10.5 Å². The van der Waals surface area contributed by atoms with Gasteiger partial charge in [-0.3, -0.25) is 19.5 Å². The van der Waals surface area contributed by atoms with Gasteiger partial charge in [0.1, 0.15) is 11.8 Å². The molecule has 2 unspecified atom stereocenters. The van der Waals surface area contributed by atoms with Crippen molar-refractivity contribution >= 4 is 11.8 Å². The van der Waals surface area contributed by atoms with Gasteiger partial charge in [-0.05, 0) is 48.7 Å². The first-order chi connectivity index (χ1) is 18.0. The minimum absolute atomic E-state index is 0.0262. The lowest BCUT2D eigenvalue weighted by Crippen LogP contribution is -2.47. The van der Waals surface area contributed by atoms with Crippen molar-refractivity contribution in [2.24, 2.45) is 5.73 Å². The highest BCUT2D eigenvalue weighted by molar-refractivity contribution is 5.97. The second kappa shape index (κ2) is 12.5. The smallest absolute Gasteiger partial charge is 0.256 e. The normalized spacial score (nSPS) is 17.1. The number of amides is 2. The minimum atomic E-state index is -0.588. The molecule has 0 aliphatic carbocycles. The Morgan fingerprint density at radius 3 is 2.59 bits per heavy atom. The zero-order valence-corrected chi connectivity index (χ0v) is 21.5. The van der Waals surface area contributed by atoms with Crippen LogP contribution in [0.2, 0.25) is 0 Å². The number of carbonyl (C=O) groups excluding carboxylic acids is 2. The Hall–Kier alpha value is -3.75. The van der Waals surface area contributed by atoms with Gasteiger partial charge in [0, 0.05) is 51.2 Å². The molecular weight excluding hydrogens is 466 g/mol. The molecule has 0 spiro atoms. The maximum Gasteiger partial charge on any atom is 0.256 e. The number of hydrogen-bond donors (Lipinski definition) is 2. The van der Waals surface area contributed by atoms with Crippen LogP contribution in [0.15, 0.2) is 73.1 Å². The molecule has 2 atom stereocenters. The summed E-state index contributed by atoms with van der Waals surface area (Å²) in [4.78, 5) is 34.8. The van der Waals surface area contributed by atoms with E-state index in [1.165, 1.54) is 11.1 Å². The summed E-state index contributed by atoms with van der Waals surface area (Å²) in [5.41, 5.74) is 9.57. The zero-order valence-electron chi connectivity index (χ0n) is 21.5. The number of nitrogens with one attached hydrogen (secondary N) is 1. The Morgan fingerprint density at radius 1 is 1.11 bits per heavy atom. The van der Waals surface area contributed by atoms with Gasteiger partial charge in [0.25, 0.3) is 5.91 Å². The molecule has 0 saturated carbocycles. The van der Waals surface area contributed by atoms with Gasteiger partial charge < -0.3 is 20.7 Å². The van der Waals surface area contributed by atoms with Crippen LogP contribution in [0.4, 0.5) is 0 Å². The third kappa shape index (κ3) is 6.72. The molecule has 1 aliphatic rings. The third-order valence-electron chi connectivity index (χ3n) is 6.74. The maximum absolute atomic E-state index is 13.5. The van der Waals surface area contributed by atoms with Crippen molar-refractivity contribution in [1.29, 1.82) is 0 Å². The lowest BCUT2D eigenvalue weighted by molar-refractivity contribution is -0.124. The molecule has 8 nitrogen and oxygen atoms in total. The Kier molecular flexibility index (Phi) is 8.87. The van der Waals surface area contributed by atoms with Crippen LogP contribution in [0.5, 0.6) is 5.75 Å². The molecule has 1 aromatic heterocycles. The number of pyridine rings is 1. The lowest BCUT2D eigenvalue weighted by atomic mass is 10.1. The predicted molar refractivity (Wildman–Crippen MR) is 143 cm³/mol. The molecular formula is C29H35N5O3. The molecule has 8 heteroatoms. The van der Waals surface area contributed by atoms with Crippen LogP contribution in [0.3, 0.4) is 0 Å². The van der Waals surface area contributed by atoms with Gasteiger partial charge >= 0.3 is 0 Å². The summed E-state index contributed by atoms with van der Waals surface area (Å²) in [6.45, 7) is 4.56. The Bertz CT molecular complexity index is 1190. The number of rotatable bonds is 10. The van der Waals surface area contributed by atoms with Crippen molar-refractivity contribution < 1.29 is 14.3 Å². The molecule has 4 rings (SSSR count). The molecule has 2 aromatic carbocycles. The fourth-order valence-electron chi connectivity index (χ4n) is 4.77. The maximum atomic E-state index is 13.5. The molecule has 2 heterocycles. The molecule has 2 amide bonds. The van der Waals surface area contributed by atoms with Crippen LogP contribution < -0.4 is 15.8 Å². The average Bonchev–Trinajstić information content (AvgIpc) is 3.38. The highest BCUT2D eigenvalue weighted by Crippen LogP contribution is 2.28. The predicted octanol–water partition coefficient (Wildman–Crippen LogP) is 2.76. The van der Waals surface area contributed by atoms with Crippen LogP contribution in [0.1, 0.15) is 33.5 Å². The standard InChI is InChI=1S/C29H35N5O3/c1-21-8-10-22(11-9-21)18-33(19-23-5-3-7-26(15-23)37-2)25-16-27(28(35)32-14-12-30)34(20-25)29(36)24-6-4-13-31-17-24/h3-11,13,15,17,25,27H,12,14,16,18-20,30H2,1-2H3,(H,32,35). The van der Waals surface area contributed by atoms with E-state index < -0.39 is 6.04 Å².